The number of hydrogen-bond donors (Lipinski definition) is 2. The third kappa shape index (κ3) is 1.95. The molecule has 1 aromatic carbocycles. The molecule has 1 heterocycles. The van der Waals surface area contributed by atoms with Gasteiger partial charge in [-0.2, -0.15) is 5.10 Å². The van der Waals surface area contributed by atoms with E-state index in [1.807, 2.05) is 0 Å². The molecule has 0 radical (unpaired) electrons. The van der Waals surface area contributed by atoms with Crippen LogP contribution < -0.4 is 10.5 Å². The zero-order valence-corrected chi connectivity index (χ0v) is 10.1. The van der Waals surface area contributed by atoms with Crippen molar-refractivity contribution in [1.29, 1.82) is 0 Å². The van der Waals surface area contributed by atoms with Crippen molar-refractivity contribution in [3.8, 4) is 16.9 Å². The Balaban J connectivity index is 2.64. The molecule has 0 bridgehead atoms. The van der Waals surface area contributed by atoms with E-state index < -0.39 is 11.6 Å². The molecular weight excluding hydrogens is 240 g/mol. The second kappa shape index (κ2) is 4.73. The van der Waals surface area contributed by atoms with Gasteiger partial charge in [-0.1, -0.05) is 0 Å². The van der Waals surface area contributed by atoms with Crippen LogP contribution in [0.15, 0.2) is 12.1 Å². The van der Waals surface area contributed by atoms with Gasteiger partial charge in [-0.05, 0) is 13.0 Å². The first-order valence-electron chi connectivity index (χ1n) is 5.35. The molecule has 3 N–H and O–H groups in total. The predicted molar refractivity (Wildman–Crippen MR) is 63.1 cm³/mol. The minimum Gasteiger partial charge on any atom is -0.494 e. The molecule has 1 aromatic heterocycles. The fourth-order valence-corrected chi connectivity index (χ4v) is 1.86. The average Bonchev–Trinajstić information content (AvgIpc) is 2.72. The molecule has 0 atom stereocenters. The van der Waals surface area contributed by atoms with Gasteiger partial charge < -0.3 is 10.5 Å². The van der Waals surface area contributed by atoms with Crippen molar-refractivity contribution < 1.29 is 13.5 Å². The number of nitrogens with one attached hydrogen (secondary N) is 1. The van der Waals surface area contributed by atoms with Crippen LogP contribution in [0.2, 0.25) is 0 Å². The highest BCUT2D eigenvalue weighted by molar-refractivity contribution is 5.70. The summed E-state index contributed by atoms with van der Waals surface area (Å²) >= 11 is 0. The number of halogens is 2. The zero-order valence-electron chi connectivity index (χ0n) is 10.1. The quantitative estimate of drug-likeness (QED) is 0.880. The Morgan fingerprint density at radius 2 is 2.06 bits per heavy atom. The van der Waals surface area contributed by atoms with Crippen molar-refractivity contribution in [1.82, 2.24) is 10.2 Å². The number of aromatic nitrogens is 2. The molecule has 18 heavy (non-hydrogen) atoms. The summed E-state index contributed by atoms with van der Waals surface area (Å²) in [5, 5.41) is 6.67. The summed E-state index contributed by atoms with van der Waals surface area (Å²) in [5.74, 6) is -1.34. The molecule has 0 fully saturated rings. The second-order valence-electron chi connectivity index (χ2n) is 3.84. The lowest BCUT2D eigenvalue weighted by Crippen LogP contribution is -2.00. The highest BCUT2D eigenvalue weighted by Gasteiger charge is 2.18. The first kappa shape index (κ1) is 12.5. The van der Waals surface area contributed by atoms with E-state index in [1.165, 1.54) is 7.11 Å². The van der Waals surface area contributed by atoms with Crippen LogP contribution in [0, 0.1) is 18.6 Å². The van der Waals surface area contributed by atoms with Crippen LogP contribution in [0.5, 0.6) is 5.75 Å². The first-order chi connectivity index (χ1) is 8.58. The van der Waals surface area contributed by atoms with Gasteiger partial charge in [0, 0.05) is 29.4 Å². The van der Waals surface area contributed by atoms with E-state index in [9.17, 15) is 8.78 Å². The fraction of sp³-hybridized carbons (Fsp3) is 0.250. The maximum absolute atomic E-state index is 13.9. The molecule has 0 aliphatic rings. The number of nitrogens with zero attached hydrogens (tertiary/aromatic N) is 1. The number of methoxy groups -OCH3 is 1. The van der Waals surface area contributed by atoms with Crippen LogP contribution in [0.25, 0.3) is 11.1 Å². The van der Waals surface area contributed by atoms with E-state index in [0.29, 0.717) is 17.0 Å². The van der Waals surface area contributed by atoms with Gasteiger partial charge in [0.2, 0.25) is 0 Å². The third-order valence-corrected chi connectivity index (χ3v) is 2.73. The van der Waals surface area contributed by atoms with Crippen LogP contribution in [-0.4, -0.2) is 17.3 Å². The van der Waals surface area contributed by atoms with Crippen molar-refractivity contribution in [2.24, 2.45) is 5.73 Å². The Bertz CT molecular complexity index is 581. The van der Waals surface area contributed by atoms with E-state index in [4.69, 9.17) is 10.5 Å². The standard InChI is InChI=1S/C12H13F2N3O/c1-6-12(10(5-15)17-16-6)7-3-9(14)11(18-2)4-8(7)13/h3-4H,5,15H2,1-2H3,(H,16,17). The van der Waals surface area contributed by atoms with Gasteiger partial charge in [0.15, 0.2) is 11.6 Å². The minimum absolute atomic E-state index is 0.125. The van der Waals surface area contributed by atoms with Crippen molar-refractivity contribution in [2.45, 2.75) is 13.5 Å². The molecular formula is C12H13F2N3O. The lowest BCUT2D eigenvalue weighted by molar-refractivity contribution is 0.383. The van der Waals surface area contributed by atoms with Gasteiger partial charge >= 0.3 is 0 Å². The third-order valence-electron chi connectivity index (χ3n) is 2.73. The molecule has 0 amide bonds. The molecule has 0 saturated carbocycles. The number of H-pyrrole nitrogens is 1. The van der Waals surface area contributed by atoms with Gasteiger partial charge in [-0.3, -0.25) is 5.10 Å². The lowest BCUT2D eigenvalue weighted by Gasteiger charge is -2.08. The Morgan fingerprint density at radius 3 is 2.67 bits per heavy atom. The monoisotopic (exact) mass is 253 g/mol. The maximum atomic E-state index is 13.9. The smallest absolute Gasteiger partial charge is 0.165 e. The van der Waals surface area contributed by atoms with Gasteiger partial charge in [0.1, 0.15) is 5.82 Å². The molecule has 96 valence electrons. The normalized spacial score (nSPS) is 10.7. The topological polar surface area (TPSA) is 63.9 Å². The van der Waals surface area contributed by atoms with E-state index in [0.717, 1.165) is 12.1 Å². The molecule has 2 rings (SSSR count). The summed E-state index contributed by atoms with van der Waals surface area (Å²) in [4.78, 5) is 0. The number of ether oxygens (including phenoxy) is 1. The Kier molecular flexibility index (Phi) is 3.29. The summed E-state index contributed by atoms with van der Waals surface area (Å²) in [6.07, 6.45) is 0. The molecule has 0 aliphatic carbocycles. The average molecular weight is 253 g/mol. The van der Waals surface area contributed by atoms with Crippen LogP contribution in [-0.2, 0) is 6.54 Å². The summed E-state index contributed by atoms with van der Waals surface area (Å²) in [6, 6.07) is 2.10. The molecule has 0 aliphatic heterocycles. The SMILES string of the molecule is COc1cc(F)c(-c2c(CN)n[nH]c2C)cc1F. The lowest BCUT2D eigenvalue weighted by atomic mass is 10.0. The largest absolute Gasteiger partial charge is 0.494 e. The van der Waals surface area contributed by atoms with E-state index >= 15 is 0 Å². The van der Waals surface area contributed by atoms with Crippen molar-refractivity contribution >= 4 is 0 Å². The molecule has 4 nitrogen and oxygen atoms in total. The van der Waals surface area contributed by atoms with E-state index in [-0.39, 0.29) is 17.9 Å². The number of aryl methyl sites for hydroxylation is 1. The molecule has 2 aromatic rings. The minimum atomic E-state index is -0.627. The summed E-state index contributed by atoms with van der Waals surface area (Å²) in [6.45, 7) is 1.87. The van der Waals surface area contributed by atoms with Crippen LogP contribution >= 0.6 is 0 Å². The summed E-state index contributed by atoms with van der Waals surface area (Å²) < 4.78 is 32.3. The van der Waals surface area contributed by atoms with Crippen LogP contribution in [0.1, 0.15) is 11.4 Å². The van der Waals surface area contributed by atoms with Gasteiger partial charge in [0.25, 0.3) is 0 Å². The highest BCUT2D eigenvalue weighted by atomic mass is 19.1. The molecule has 0 saturated heterocycles. The van der Waals surface area contributed by atoms with Gasteiger partial charge in [-0.15, -0.1) is 0 Å². The molecule has 0 unspecified atom stereocenters. The Labute approximate surface area is 103 Å². The summed E-state index contributed by atoms with van der Waals surface area (Å²) in [7, 11) is 1.28. The van der Waals surface area contributed by atoms with Gasteiger partial charge in [-0.25, -0.2) is 8.78 Å². The Morgan fingerprint density at radius 1 is 1.33 bits per heavy atom. The first-order valence-corrected chi connectivity index (χ1v) is 5.35. The Hall–Kier alpha value is -1.95. The maximum Gasteiger partial charge on any atom is 0.165 e. The van der Waals surface area contributed by atoms with Gasteiger partial charge in [0.05, 0.1) is 12.8 Å². The molecule has 6 heteroatoms. The van der Waals surface area contributed by atoms with Crippen molar-refractivity contribution in [2.75, 3.05) is 7.11 Å². The van der Waals surface area contributed by atoms with E-state index in [2.05, 4.69) is 10.2 Å². The summed E-state index contributed by atoms with van der Waals surface area (Å²) in [5.41, 5.74) is 7.28. The number of benzene rings is 1. The van der Waals surface area contributed by atoms with Crippen LogP contribution in [0.4, 0.5) is 8.78 Å². The number of hydrogen-bond acceptors (Lipinski definition) is 3. The molecule has 0 spiro atoms. The van der Waals surface area contributed by atoms with Crippen molar-refractivity contribution in [3.05, 3.63) is 35.2 Å². The number of nitrogens with two attached hydrogens (primary N) is 1. The second-order valence-corrected chi connectivity index (χ2v) is 3.84. The predicted octanol–water partition coefficient (Wildman–Crippen LogP) is 2.13. The fourth-order valence-electron chi connectivity index (χ4n) is 1.86. The van der Waals surface area contributed by atoms with Crippen molar-refractivity contribution in [3.63, 3.8) is 0 Å². The highest BCUT2D eigenvalue weighted by Crippen LogP contribution is 2.32. The number of aromatic amines is 1. The van der Waals surface area contributed by atoms with Crippen LogP contribution in [0.3, 0.4) is 0 Å². The number of rotatable bonds is 3. The zero-order chi connectivity index (χ0) is 13.3. The van der Waals surface area contributed by atoms with E-state index in [1.54, 1.807) is 6.92 Å².